The Balaban J connectivity index is 2.41. The SMILES string of the molecule is CCOc1cc(Cl)c(OCC)c(N=NC(C(C)=O)C(=O)Nc2c(OC)ccc(OC)c2Cl)c1. The molecule has 0 heterocycles. The number of ether oxygens (including phenoxy) is 4. The summed E-state index contributed by atoms with van der Waals surface area (Å²) in [5, 5.41) is 11.0. The van der Waals surface area contributed by atoms with Gasteiger partial charge in [-0.05, 0) is 32.9 Å². The largest absolute Gasteiger partial charge is 0.495 e. The molecule has 0 aliphatic rings. The number of ketones is 1. The summed E-state index contributed by atoms with van der Waals surface area (Å²) in [5.41, 5.74) is 0.352. The molecule has 0 spiro atoms. The van der Waals surface area contributed by atoms with E-state index >= 15 is 0 Å². The second-order valence-electron chi connectivity index (χ2n) is 6.50. The number of carbonyl (C=O) groups excluding carboxylic acids is 2. The number of carbonyl (C=O) groups is 2. The van der Waals surface area contributed by atoms with Gasteiger partial charge in [0.15, 0.2) is 11.5 Å². The van der Waals surface area contributed by atoms with Crippen molar-refractivity contribution < 1.29 is 28.5 Å². The summed E-state index contributed by atoms with van der Waals surface area (Å²) in [6.07, 6.45) is 0. The highest BCUT2D eigenvalue weighted by molar-refractivity contribution is 6.36. The number of benzene rings is 2. The lowest BCUT2D eigenvalue weighted by Gasteiger charge is -2.16. The van der Waals surface area contributed by atoms with E-state index in [2.05, 4.69) is 15.5 Å². The standard InChI is InChI=1S/C22H25Cl2N3O6/c1-6-32-13-10-14(23)21(33-7-2)15(11-13)26-27-19(12(3)28)22(29)25-20-17(31-5)9-8-16(30-4)18(20)24/h8-11,19H,6-7H2,1-5H3,(H,25,29). The first kappa shape index (κ1) is 26.2. The Morgan fingerprint density at radius 2 is 1.67 bits per heavy atom. The van der Waals surface area contributed by atoms with Crippen LogP contribution in [0.1, 0.15) is 20.8 Å². The van der Waals surface area contributed by atoms with Gasteiger partial charge in [-0.25, -0.2) is 0 Å². The number of hydrogen-bond acceptors (Lipinski definition) is 8. The lowest BCUT2D eigenvalue weighted by Crippen LogP contribution is -2.32. The van der Waals surface area contributed by atoms with Gasteiger partial charge < -0.3 is 24.3 Å². The Kier molecular flexibility index (Phi) is 9.74. The van der Waals surface area contributed by atoms with Crippen LogP contribution in [0, 0.1) is 0 Å². The maximum atomic E-state index is 12.9. The summed E-state index contributed by atoms with van der Waals surface area (Å²) in [6.45, 7) is 5.55. The normalized spacial score (nSPS) is 11.7. The summed E-state index contributed by atoms with van der Waals surface area (Å²) in [7, 11) is 2.85. The van der Waals surface area contributed by atoms with E-state index in [1.807, 2.05) is 6.92 Å². The van der Waals surface area contributed by atoms with E-state index in [0.29, 0.717) is 24.7 Å². The van der Waals surface area contributed by atoms with E-state index in [1.165, 1.54) is 21.1 Å². The fourth-order valence-electron chi connectivity index (χ4n) is 2.78. The molecule has 0 aromatic heterocycles. The first-order valence-corrected chi connectivity index (χ1v) is 10.7. The highest BCUT2D eigenvalue weighted by atomic mass is 35.5. The van der Waals surface area contributed by atoms with Gasteiger partial charge in [-0.1, -0.05) is 23.2 Å². The van der Waals surface area contributed by atoms with Crippen molar-refractivity contribution in [1.82, 2.24) is 0 Å². The molecular weight excluding hydrogens is 473 g/mol. The minimum absolute atomic E-state index is 0.110. The van der Waals surface area contributed by atoms with E-state index in [-0.39, 0.29) is 32.9 Å². The van der Waals surface area contributed by atoms with Gasteiger partial charge >= 0.3 is 0 Å². The van der Waals surface area contributed by atoms with Gasteiger partial charge in [0.1, 0.15) is 33.6 Å². The van der Waals surface area contributed by atoms with Crippen molar-refractivity contribution in [3.05, 3.63) is 34.3 Å². The van der Waals surface area contributed by atoms with Crippen molar-refractivity contribution in [2.75, 3.05) is 32.8 Å². The number of nitrogens with one attached hydrogen (secondary N) is 1. The topological polar surface area (TPSA) is 108 Å². The van der Waals surface area contributed by atoms with Crippen LogP contribution in [0.15, 0.2) is 34.5 Å². The van der Waals surface area contributed by atoms with Crippen LogP contribution in [0.3, 0.4) is 0 Å². The summed E-state index contributed by atoms with van der Waals surface area (Å²) >= 11 is 12.6. The molecule has 0 fully saturated rings. The molecule has 0 aliphatic carbocycles. The van der Waals surface area contributed by atoms with Crippen LogP contribution in [-0.2, 0) is 9.59 Å². The Bertz CT molecular complexity index is 1050. The number of azo groups is 1. The average molecular weight is 498 g/mol. The summed E-state index contributed by atoms with van der Waals surface area (Å²) in [5.74, 6) is -0.00655. The van der Waals surface area contributed by atoms with Crippen LogP contribution in [0.5, 0.6) is 23.0 Å². The van der Waals surface area contributed by atoms with Crippen molar-refractivity contribution in [1.29, 1.82) is 0 Å². The molecule has 2 aromatic rings. The third kappa shape index (κ3) is 6.49. The second-order valence-corrected chi connectivity index (χ2v) is 7.28. The zero-order valence-electron chi connectivity index (χ0n) is 18.9. The molecule has 0 saturated heterocycles. The van der Waals surface area contributed by atoms with E-state index in [1.54, 1.807) is 31.2 Å². The van der Waals surface area contributed by atoms with Gasteiger partial charge in [-0.3, -0.25) is 9.59 Å². The predicted molar refractivity (Wildman–Crippen MR) is 126 cm³/mol. The Morgan fingerprint density at radius 3 is 2.24 bits per heavy atom. The van der Waals surface area contributed by atoms with Gasteiger partial charge in [0.25, 0.3) is 5.91 Å². The fraction of sp³-hybridized carbons (Fsp3) is 0.364. The minimum atomic E-state index is -1.47. The van der Waals surface area contributed by atoms with Gasteiger partial charge in [0.2, 0.25) is 6.04 Å². The lowest BCUT2D eigenvalue weighted by molar-refractivity contribution is -0.126. The molecule has 1 atom stereocenters. The lowest BCUT2D eigenvalue weighted by atomic mass is 10.2. The number of anilines is 1. The quantitative estimate of drug-likeness (QED) is 0.324. The Morgan fingerprint density at radius 1 is 1.03 bits per heavy atom. The average Bonchev–Trinajstić information content (AvgIpc) is 2.77. The number of methoxy groups -OCH3 is 2. The number of rotatable bonds is 11. The third-order valence-electron chi connectivity index (χ3n) is 4.27. The highest BCUT2D eigenvalue weighted by Gasteiger charge is 2.26. The van der Waals surface area contributed by atoms with E-state index < -0.39 is 17.7 Å². The first-order chi connectivity index (χ1) is 15.8. The van der Waals surface area contributed by atoms with Crippen LogP contribution < -0.4 is 24.3 Å². The third-order valence-corrected chi connectivity index (χ3v) is 4.92. The van der Waals surface area contributed by atoms with E-state index in [9.17, 15) is 9.59 Å². The second kappa shape index (κ2) is 12.3. The number of halogens is 2. The number of Topliss-reactive ketones (excluding diaryl/α,β-unsaturated/α-hetero) is 1. The molecule has 1 amide bonds. The van der Waals surface area contributed by atoms with Gasteiger partial charge in [-0.15, -0.1) is 0 Å². The molecule has 2 aromatic carbocycles. The van der Waals surface area contributed by atoms with Crippen molar-refractivity contribution in [3.8, 4) is 23.0 Å². The van der Waals surface area contributed by atoms with Crippen LogP contribution in [-0.4, -0.2) is 45.2 Å². The summed E-state index contributed by atoms with van der Waals surface area (Å²) in [4.78, 5) is 25.1. The van der Waals surface area contributed by atoms with Crippen molar-refractivity contribution in [2.24, 2.45) is 10.2 Å². The van der Waals surface area contributed by atoms with Crippen molar-refractivity contribution in [2.45, 2.75) is 26.8 Å². The smallest absolute Gasteiger partial charge is 0.258 e. The first-order valence-electron chi connectivity index (χ1n) is 9.99. The van der Waals surface area contributed by atoms with Gasteiger partial charge in [-0.2, -0.15) is 10.2 Å². The molecule has 0 saturated carbocycles. The van der Waals surface area contributed by atoms with E-state index in [0.717, 1.165) is 0 Å². The zero-order valence-corrected chi connectivity index (χ0v) is 20.4. The molecule has 1 N–H and O–H groups in total. The summed E-state index contributed by atoms with van der Waals surface area (Å²) in [6, 6.07) is 4.83. The number of amides is 1. The highest BCUT2D eigenvalue weighted by Crippen LogP contribution is 2.41. The minimum Gasteiger partial charge on any atom is -0.495 e. The molecule has 11 heteroatoms. The van der Waals surface area contributed by atoms with Crippen molar-refractivity contribution in [3.63, 3.8) is 0 Å². The molecule has 178 valence electrons. The Labute approximate surface area is 202 Å². The molecule has 1 unspecified atom stereocenters. The fourth-order valence-corrected chi connectivity index (χ4v) is 3.32. The molecular formula is C22H25Cl2N3O6. The van der Waals surface area contributed by atoms with Gasteiger partial charge in [0, 0.05) is 12.1 Å². The van der Waals surface area contributed by atoms with E-state index in [4.69, 9.17) is 42.1 Å². The Hall–Kier alpha value is -3.04. The number of nitrogens with zero attached hydrogens (tertiary/aromatic N) is 2. The maximum Gasteiger partial charge on any atom is 0.258 e. The molecule has 2 rings (SSSR count). The summed E-state index contributed by atoms with van der Waals surface area (Å²) < 4.78 is 21.4. The van der Waals surface area contributed by atoms with Crippen LogP contribution in [0.2, 0.25) is 10.0 Å². The van der Waals surface area contributed by atoms with Gasteiger partial charge in [0.05, 0.1) is 32.5 Å². The monoisotopic (exact) mass is 497 g/mol. The molecule has 0 radical (unpaired) electrons. The molecule has 0 bridgehead atoms. The maximum absolute atomic E-state index is 12.9. The van der Waals surface area contributed by atoms with Crippen LogP contribution in [0.25, 0.3) is 0 Å². The van der Waals surface area contributed by atoms with Crippen LogP contribution in [0.4, 0.5) is 11.4 Å². The van der Waals surface area contributed by atoms with Crippen LogP contribution >= 0.6 is 23.2 Å². The van der Waals surface area contributed by atoms with Crippen molar-refractivity contribution >= 4 is 46.3 Å². The molecule has 9 nitrogen and oxygen atoms in total. The molecule has 33 heavy (non-hydrogen) atoms. The number of hydrogen-bond donors (Lipinski definition) is 1. The zero-order chi connectivity index (χ0) is 24.5. The predicted octanol–water partition coefficient (Wildman–Crippen LogP) is 5.49. The molecule has 0 aliphatic heterocycles.